The van der Waals surface area contributed by atoms with Gasteiger partial charge in [0.05, 0.1) is 17.1 Å². The van der Waals surface area contributed by atoms with E-state index in [-0.39, 0.29) is 25.1 Å². The summed E-state index contributed by atoms with van der Waals surface area (Å²) in [6.45, 7) is 4.01. The maximum absolute atomic E-state index is 13.5. The molecule has 3 heterocycles. The van der Waals surface area contributed by atoms with Crippen LogP contribution in [0.5, 0.6) is 0 Å². The fourth-order valence-corrected chi connectivity index (χ4v) is 4.89. The van der Waals surface area contributed by atoms with Crippen LogP contribution in [0.25, 0.3) is 0 Å². The number of carbonyl (C=O) groups is 2. The van der Waals surface area contributed by atoms with Crippen LogP contribution in [0.4, 0.5) is 23.4 Å². The van der Waals surface area contributed by atoms with E-state index in [1.54, 1.807) is 0 Å². The van der Waals surface area contributed by atoms with Gasteiger partial charge in [-0.1, -0.05) is 6.07 Å². The molecule has 3 N–H and O–H groups in total. The van der Waals surface area contributed by atoms with Crippen molar-refractivity contribution in [1.82, 2.24) is 20.2 Å². The Labute approximate surface area is 249 Å². The van der Waals surface area contributed by atoms with Gasteiger partial charge in [-0.2, -0.15) is 13.2 Å². The molecule has 0 fully saturated rings. The highest BCUT2D eigenvalue weighted by Crippen LogP contribution is 2.32. The number of hydrogen-bond donors (Lipinski definition) is 3. The van der Waals surface area contributed by atoms with Crippen molar-refractivity contribution in [3.63, 3.8) is 0 Å². The van der Waals surface area contributed by atoms with E-state index in [0.717, 1.165) is 62.4 Å². The number of fused-ring (bicyclic) bond motifs is 1. The molecule has 1 amide bonds. The number of nitrogens with one attached hydrogen (secondary N) is 2. The molecule has 2 atom stereocenters. The second-order valence-electron chi connectivity index (χ2n) is 11.3. The minimum absolute atomic E-state index is 0.000621. The van der Waals surface area contributed by atoms with Gasteiger partial charge in [0.1, 0.15) is 18.5 Å². The molecule has 0 aromatic carbocycles. The van der Waals surface area contributed by atoms with E-state index < -0.39 is 47.9 Å². The highest BCUT2D eigenvalue weighted by molar-refractivity contribution is 5.90. The van der Waals surface area contributed by atoms with E-state index in [1.807, 2.05) is 11.0 Å². The Morgan fingerprint density at radius 3 is 2.58 bits per heavy atom. The van der Waals surface area contributed by atoms with E-state index in [1.165, 1.54) is 26.5 Å². The van der Waals surface area contributed by atoms with Gasteiger partial charge in [-0.3, -0.25) is 9.78 Å². The van der Waals surface area contributed by atoms with Gasteiger partial charge in [0.25, 0.3) is 0 Å². The minimum Gasteiger partial charge on any atom is -0.480 e. The van der Waals surface area contributed by atoms with Gasteiger partial charge in [-0.15, -0.1) is 0 Å². The summed E-state index contributed by atoms with van der Waals surface area (Å²) >= 11 is 0. The van der Waals surface area contributed by atoms with E-state index in [0.29, 0.717) is 12.7 Å². The van der Waals surface area contributed by atoms with Gasteiger partial charge in [-0.05, 0) is 82.2 Å². The lowest BCUT2D eigenvalue weighted by Crippen LogP contribution is -2.49. The van der Waals surface area contributed by atoms with Gasteiger partial charge in [0, 0.05) is 44.8 Å². The van der Waals surface area contributed by atoms with Gasteiger partial charge in [0.2, 0.25) is 5.91 Å². The summed E-state index contributed by atoms with van der Waals surface area (Å²) in [5.74, 6) is -1.10. The van der Waals surface area contributed by atoms with Crippen LogP contribution in [-0.2, 0) is 38.8 Å². The number of nitrogens with zero attached hydrogens (tertiary/aromatic N) is 3. The Hall–Kier alpha value is -3.32. The SMILES string of the molecule is COC(CF)CN(CCCCc1ccc2c(n1)NCCC2)CCC(NC(=O)C(C)(C)c1cncc(C(F)(F)F)c1)C(=O)O. The number of alkyl halides is 4. The fourth-order valence-electron chi connectivity index (χ4n) is 4.89. The highest BCUT2D eigenvalue weighted by Gasteiger charge is 2.37. The zero-order valence-electron chi connectivity index (χ0n) is 24.8. The summed E-state index contributed by atoms with van der Waals surface area (Å²) in [5, 5.41) is 15.6. The lowest BCUT2D eigenvalue weighted by Gasteiger charge is -2.29. The Bertz CT molecular complexity index is 1220. The first kappa shape index (κ1) is 34.2. The predicted octanol–water partition coefficient (Wildman–Crippen LogP) is 4.40. The fraction of sp³-hybridized carbons (Fsp3) is 0.600. The Kier molecular flexibility index (Phi) is 12.3. The lowest BCUT2D eigenvalue weighted by atomic mass is 9.83. The molecule has 43 heavy (non-hydrogen) atoms. The van der Waals surface area contributed by atoms with Crippen molar-refractivity contribution in [2.75, 3.05) is 45.3 Å². The molecule has 0 saturated carbocycles. The average molecular weight is 612 g/mol. The Morgan fingerprint density at radius 2 is 1.91 bits per heavy atom. The monoisotopic (exact) mass is 611 g/mol. The number of rotatable bonds is 16. The van der Waals surface area contributed by atoms with Crippen molar-refractivity contribution in [1.29, 1.82) is 0 Å². The summed E-state index contributed by atoms with van der Waals surface area (Å²) in [5.41, 5.74) is -0.299. The zero-order chi connectivity index (χ0) is 31.6. The van der Waals surface area contributed by atoms with Crippen LogP contribution in [0.2, 0.25) is 0 Å². The van der Waals surface area contributed by atoms with Crippen molar-refractivity contribution >= 4 is 17.7 Å². The van der Waals surface area contributed by atoms with E-state index in [9.17, 15) is 32.3 Å². The molecule has 0 bridgehead atoms. The average Bonchev–Trinajstić information content (AvgIpc) is 2.98. The van der Waals surface area contributed by atoms with Crippen molar-refractivity contribution in [3.05, 3.63) is 53.0 Å². The molecular formula is C30H41F4N5O4. The van der Waals surface area contributed by atoms with Gasteiger partial charge < -0.3 is 25.4 Å². The van der Waals surface area contributed by atoms with E-state index in [2.05, 4.69) is 21.7 Å². The van der Waals surface area contributed by atoms with Crippen molar-refractivity contribution in [3.8, 4) is 0 Å². The molecular weight excluding hydrogens is 570 g/mol. The van der Waals surface area contributed by atoms with Crippen LogP contribution in [0.15, 0.2) is 30.6 Å². The molecule has 2 aromatic rings. The second-order valence-corrected chi connectivity index (χ2v) is 11.3. The zero-order valence-corrected chi connectivity index (χ0v) is 24.8. The van der Waals surface area contributed by atoms with Crippen LogP contribution < -0.4 is 10.6 Å². The number of unbranched alkanes of at least 4 members (excludes halogenated alkanes) is 1. The number of carboxylic acid groups (broad SMARTS) is 1. The molecule has 0 saturated heterocycles. The number of aliphatic carboxylic acids is 1. The quantitative estimate of drug-likeness (QED) is 0.189. The normalized spacial score (nSPS) is 15.0. The topological polar surface area (TPSA) is 117 Å². The molecule has 0 spiro atoms. The van der Waals surface area contributed by atoms with Gasteiger partial charge in [0.15, 0.2) is 0 Å². The number of halogens is 4. The Balaban J connectivity index is 1.60. The summed E-state index contributed by atoms with van der Waals surface area (Å²) < 4.78 is 58.2. The summed E-state index contributed by atoms with van der Waals surface area (Å²) in [6.07, 6.45) is 0.894. The van der Waals surface area contributed by atoms with Gasteiger partial charge in [-0.25, -0.2) is 14.2 Å². The first-order valence-corrected chi connectivity index (χ1v) is 14.5. The molecule has 3 rings (SSSR count). The predicted molar refractivity (Wildman–Crippen MR) is 154 cm³/mol. The van der Waals surface area contributed by atoms with Crippen LogP contribution in [-0.4, -0.2) is 84.0 Å². The summed E-state index contributed by atoms with van der Waals surface area (Å²) in [6, 6.07) is 3.66. The molecule has 1 aliphatic heterocycles. The van der Waals surface area contributed by atoms with E-state index >= 15 is 0 Å². The third kappa shape index (κ3) is 9.85. The molecule has 0 radical (unpaired) electrons. The number of amides is 1. The van der Waals surface area contributed by atoms with Crippen LogP contribution >= 0.6 is 0 Å². The maximum Gasteiger partial charge on any atom is 0.417 e. The number of pyridine rings is 2. The molecule has 1 aliphatic rings. The minimum atomic E-state index is -4.64. The lowest BCUT2D eigenvalue weighted by molar-refractivity contribution is -0.143. The number of carboxylic acids is 1. The van der Waals surface area contributed by atoms with Gasteiger partial charge >= 0.3 is 12.1 Å². The third-order valence-electron chi connectivity index (χ3n) is 7.77. The smallest absolute Gasteiger partial charge is 0.417 e. The van der Waals surface area contributed by atoms with Crippen molar-refractivity contribution in [2.24, 2.45) is 0 Å². The first-order valence-electron chi connectivity index (χ1n) is 14.5. The van der Waals surface area contributed by atoms with Crippen LogP contribution in [0, 0.1) is 0 Å². The Morgan fingerprint density at radius 1 is 1.16 bits per heavy atom. The third-order valence-corrected chi connectivity index (χ3v) is 7.77. The number of carbonyl (C=O) groups excluding carboxylic acids is 1. The van der Waals surface area contributed by atoms with Crippen LogP contribution in [0.3, 0.4) is 0 Å². The second kappa shape index (κ2) is 15.4. The number of aromatic nitrogens is 2. The molecule has 13 heteroatoms. The molecule has 2 aromatic heterocycles. The van der Waals surface area contributed by atoms with Crippen LogP contribution in [0.1, 0.15) is 61.9 Å². The number of anilines is 1. The van der Waals surface area contributed by atoms with Crippen molar-refractivity contribution in [2.45, 2.75) is 76.1 Å². The summed E-state index contributed by atoms with van der Waals surface area (Å²) in [4.78, 5) is 35.4. The van der Waals surface area contributed by atoms with Crippen molar-refractivity contribution < 1.29 is 37.0 Å². The molecule has 238 valence electrons. The maximum atomic E-state index is 13.5. The number of methoxy groups -OCH3 is 1. The summed E-state index contributed by atoms with van der Waals surface area (Å²) in [7, 11) is 1.41. The number of aryl methyl sites for hydroxylation is 2. The van der Waals surface area contributed by atoms with E-state index in [4.69, 9.17) is 9.72 Å². The number of ether oxygens (including phenoxy) is 1. The number of hydrogen-bond acceptors (Lipinski definition) is 7. The first-order chi connectivity index (χ1) is 20.3. The standard InChI is InChI=1S/C30H41F4N5O4/c1-29(2,21-15-22(18-35-17-21)30(32,33)34)28(42)38-25(27(40)41)11-14-39(19-24(16-31)43-3)13-5-4-8-23-10-9-20-7-6-12-36-26(20)37-23/h9-10,15,17-18,24-25H,4-8,11-14,16,19H2,1-3H3,(H,36,37)(H,38,42)(H,40,41). The largest absolute Gasteiger partial charge is 0.480 e. The molecule has 2 unspecified atom stereocenters. The molecule has 0 aliphatic carbocycles. The molecule has 9 nitrogen and oxygen atoms in total. The highest BCUT2D eigenvalue weighted by atomic mass is 19.4.